The van der Waals surface area contributed by atoms with Crippen LogP contribution < -0.4 is 4.74 Å². The van der Waals surface area contributed by atoms with Gasteiger partial charge in [-0.05, 0) is 37.3 Å². The summed E-state index contributed by atoms with van der Waals surface area (Å²) in [5, 5.41) is 8.88. The van der Waals surface area contributed by atoms with Gasteiger partial charge in [0.15, 0.2) is 0 Å². The molecular weight excluding hydrogens is 270 g/mol. The van der Waals surface area contributed by atoms with Crippen molar-refractivity contribution in [2.45, 2.75) is 25.7 Å². The standard InChI is InChI=1S/C16H21NO4/c1-21-14-7-3-2-6-13(14)16(20)17-9-4-5-12(8-10-17)11-15(18)19/h2-3,6-7,12H,4-5,8-11H2,1H3,(H,18,19)/t12-/m1/s1. The molecule has 21 heavy (non-hydrogen) atoms. The Hall–Kier alpha value is -2.04. The van der Waals surface area contributed by atoms with Gasteiger partial charge >= 0.3 is 5.97 Å². The number of carbonyl (C=O) groups excluding carboxylic acids is 1. The molecule has 5 heteroatoms. The van der Waals surface area contributed by atoms with Crippen LogP contribution in [0.5, 0.6) is 5.75 Å². The molecule has 1 aliphatic rings. The number of ether oxygens (including phenoxy) is 1. The molecule has 0 saturated carbocycles. The summed E-state index contributed by atoms with van der Waals surface area (Å²) in [5.41, 5.74) is 0.566. The highest BCUT2D eigenvalue weighted by molar-refractivity contribution is 5.97. The number of carboxylic acid groups (broad SMARTS) is 1. The molecule has 0 bridgehead atoms. The van der Waals surface area contributed by atoms with Crippen molar-refractivity contribution in [1.82, 2.24) is 4.90 Å². The highest BCUT2D eigenvalue weighted by atomic mass is 16.5. The highest BCUT2D eigenvalue weighted by Crippen LogP contribution is 2.24. The maximum Gasteiger partial charge on any atom is 0.303 e. The summed E-state index contributed by atoms with van der Waals surface area (Å²) in [6.07, 6.45) is 2.64. The summed E-state index contributed by atoms with van der Waals surface area (Å²) in [7, 11) is 1.55. The first-order valence-corrected chi connectivity index (χ1v) is 7.26. The van der Waals surface area contributed by atoms with Crippen molar-refractivity contribution in [1.29, 1.82) is 0 Å². The number of aliphatic carboxylic acids is 1. The van der Waals surface area contributed by atoms with E-state index in [4.69, 9.17) is 9.84 Å². The largest absolute Gasteiger partial charge is 0.496 e. The Labute approximate surface area is 124 Å². The first kappa shape index (κ1) is 15.4. The number of hydrogen-bond acceptors (Lipinski definition) is 3. The lowest BCUT2D eigenvalue weighted by molar-refractivity contribution is -0.138. The molecule has 1 fully saturated rings. The maximum atomic E-state index is 12.6. The number of benzene rings is 1. The van der Waals surface area contributed by atoms with E-state index in [-0.39, 0.29) is 18.2 Å². The Bertz CT molecular complexity index is 515. The Kier molecular flexibility index (Phi) is 5.20. The van der Waals surface area contributed by atoms with Crippen LogP contribution in [0, 0.1) is 5.92 Å². The molecule has 1 aromatic rings. The quantitative estimate of drug-likeness (QED) is 0.925. The van der Waals surface area contributed by atoms with Crippen molar-refractivity contribution in [2.24, 2.45) is 5.92 Å². The molecule has 0 spiro atoms. The first-order chi connectivity index (χ1) is 10.1. The maximum absolute atomic E-state index is 12.6. The number of amides is 1. The van der Waals surface area contributed by atoms with Crippen molar-refractivity contribution in [3.8, 4) is 5.75 Å². The average molecular weight is 291 g/mol. The van der Waals surface area contributed by atoms with E-state index < -0.39 is 5.97 Å². The van der Waals surface area contributed by atoms with Crippen molar-refractivity contribution in [3.05, 3.63) is 29.8 Å². The predicted octanol–water partition coefficient (Wildman–Crippen LogP) is 2.41. The molecule has 1 N–H and O–H groups in total. The van der Waals surface area contributed by atoms with Crippen LogP contribution in [0.1, 0.15) is 36.0 Å². The molecule has 2 rings (SSSR count). The normalized spacial score (nSPS) is 18.9. The second-order valence-electron chi connectivity index (χ2n) is 5.39. The SMILES string of the molecule is COc1ccccc1C(=O)N1CCC[C@@H](CC(=O)O)CC1. The van der Waals surface area contributed by atoms with E-state index in [0.717, 1.165) is 19.3 Å². The van der Waals surface area contributed by atoms with Gasteiger partial charge in [0.05, 0.1) is 12.7 Å². The van der Waals surface area contributed by atoms with Crippen LogP contribution in [0.25, 0.3) is 0 Å². The van der Waals surface area contributed by atoms with Crippen LogP contribution in [0.2, 0.25) is 0 Å². The fraction of sp³-hybridized carbons (Fsp3) is 0.500. The van der Waals surface area contributed by atoms with E-state index in [0.29, 0.717) is 24.4 Å². The Balaban J connectivity index is 2.05. The zero-order chi connectivity index (χ0) is 15.2. The van der Waals surface area contributed by atoms with Gasteiger partial charge in [0.1, 0.15) is 5.75 Å². The molecule has 5 nitrogen and oxygen atoms in total. The zero-order valence-corrected chi connectivity index (χ0v) is 12.2. The van der Waals surface area contributed by atoms with Crippen molar-refractivity contribution in [2.75, 3.05) is 20.2 Å². The summed E-state index contributed by atoms with van der Waals surface area (Å²) in [4.78, 5) is 25.2. The van der Waals surface area contributed by atoms with Gasteiger partial charge in [-0.2, -0.15) is 0 Å². The molecule has 1 atom stereocenters. The van der Waals surface area contributed by atoms with Crippen LogP contribution in [0.3, 0.4) is 0 Å². The third-order valence-electron chi connectivity index (χ3n) is 3.94. The first-order valence-electron chi connectivity index (χ1n) is 7.26. The third kappa shape index (κ3) is 3.97. The number of hydrogen-bond donors (Lipinski definition) is 1. The lowest BCUT2D eigenvalue weighted by atomic mass is 9.97. The molecule has 1 amide bonds. The minimum atomic E-state index is -0.760. The lowest BCUT2D eigenvalue weighted by Crippen LogP contribution is -2.32. The molecule has 0 unspecified atom stereocenters. The minimum absolute atomic E-state index is 0.0385. The smallest absolute Gasteiger partial charge is 0.303 e. The Morgan fingerprint density at radius 2 is 2.05 bits per heavy atom. The van der Waals surface area contributed by atoms with Gasteiger partial charge in [0.25, 0.3) is 5.91 Å². The average Bonchev–Trinajstić information content (AvgIpc) is 2.71. The van der Waals surface area contributed by atoms with Crippen molar-refractivity contribution >= 4 is 11.9 Å². The molecule has 1 aliphatic heterocycles. The molecule has 1 heterocycles. The number of carboxylic acids is 1. The Morgan fingerprint density at radius 1 is 1.29 bits per heavy atom. The van der Waals surface area contributed by atoms with E-state index >= 15 is 0 Å². The molecule has 0 radical (unpaired) electrons. The minimum Gasteiger partial charge on any atom is -0.496 e. The lowest BCUT2D eigenvalue weighted by Gasteiger charge is -2.21. The fourth-order valence-corrected chi connectivity index (χ4v) is 2.81. The number of rotatable bonds is 4. The van der Waals surface area contributed by atoms with Gasteiger partial charge in [-0.3, -0.25) is 9.59 Å². The van der Waals surface area contributed by atoms with Crippen molar-refractivity contribution < 1.29 is 19.4 Å². The number of para-hydroxylation sites is 1. The number of nitrogens with zero attached hydrogens (tertiary/aromatic N) is 1. The molecular formula is C16H21NO4. The summed E-state index contributed by atoms with van der Waals surface area (Å²) in [6.45, 7) is 1.28. The summed E-state index contributed by atoms with van der Waals surface area (Å²) in [5.74, 6) is -0.0558. The van der Waals surface area contributed by atoms with Gasteiger partial charge in [0, 0.05) is 19.5 Å². The number of likely N-dealkylation sites (tertiary alicyclic amines) is 1. The van der Waals surface area contributed by atoms with Crippen LogP contribution in [0.15, 0.2) is 24.3 Å². The van der Waals surface area contributed by atoms with Crippen LogP contribution in [-0.2, 0) is 4.79 Å². The topological polar surface area (TPSA) is 66.8 Å². The van der Waals surface area contributed by atoms with Crippen LogP contribution in [0.4, 0.5) is 0 Å². The summed E-state index contributed by atoms with van der Waals surface area (Å²) < 4.78 is 5.24. The van der Waals surface area contributed by atoms with Gasteiger partial charge in [-0.25, -0.2) is 0 Å². The van der Waals surface area contributed by atoms with Gasteiger partial charge < -0.3 is 14.7 Å². The second-order valence-corrected chi connectivity index (χ2v) is 5.39. The van der Waals surface area contributed by atoms with Crippen LogP contribution in [-0.4, -0.2) is 42.1 Å². The summed E-state index contributed by atoms with van der Waals surface area (Å²) >= 11 is 0. The molecule has 0 aliphatic carbocycles. The summed E-state index contributed by atoms with van der Waals surface area (Å²) in [6, 6.07) is 7.20. The fourth-order valence-electron chi connectivity index (χ4n) is 2.81. The van der Waals surface area contributed by atoms with Gasteiger partial charge in [-0.15, -0.1) is 0 Å². The zero-order valence-electron chi connectivity index (χ0n) is 12.2. The van der Waals surface area contributed by atoms with Crippen LogP contribution >= 0.6 is 0 Å². The van der Waals surface area contributed by atoms with E-state index in [1.165, 1.54) is 0 Å². The molecule has 114 valence electrons. The third-order valence-corrected chi connectivity index (χ3v) is 3.94. The second kappa shape index (κ2) is 7.11. The Morgan fingerprint density at radius 3 is 2.76 bits per heavy atom. The van der Waals surface area contributed by atoms with E-state index in [1.54, 1.807) is 24.1 Å². The highest BCUT2D eigenvalue weighted by Gasteiger charge is 2.24. The van der Waals surface area contributed by atoms with Gasteiger partial charge in [-0.1, -0.05) is 12.1 Å². The molecule has 1 aromatic carbocycles. The molecule has 0 aromatic heterocycles. The molecule has 1 saturated heterocycles. The van der Waals surface area contributed by atoms with Crippen molar-refractivity contribution in [3.63, 3.8) is 0 Å². The number of carbonyl (C=O) groups is 2. The van der Waals surface area contributed by atoms with E-state index in [2.05, 4.69) is 0 Å². The predicted molar refractivity (Wildman–Crippen MR) is 78.5 cm³/mol. The monoisotopic (exact) mass is 291 g/mol. The number of methoxy groups -OCH3 is 1. The van der Waals surface area contributed by atoms with E-state index in [1.807, 2.05) is 12.1 Å². The van der Waals surface area contributed by atoms with Gasteiger partial charge in [0.2, 0.25) is 0 Å². The van der Waals surface area contributed by atoms with E-state index in [9.17, 15) is 9.59 Å².